The molecule has 0 radical (unpaired) electrons. The van der Waals surface area contributed by atoms with Crippen molar-refractivity contribution in [1.82, 2.24) is 5.32 Å². The predicted molar refractivity (Wildman–Crippen MR) is 78.2 cm³/mol. The molecular weight excluding hydrogens is 308 g/mol. The Labute approximate surface area is 121 Å². The van der Waals surface area contributed by atoms with Gasteiger partial charge in [-0.25, -0.2) is 0 Å². The fourth-order valence-electron chi connectivity index (χ4n) is 2.42. The van der Waals surface area contributed by atoms with E-state index in [1.54, 1.807) is 18.7 Å². The molecule has 2 rings (SSSR count). The number of halogens is 1. The Balaban J connectivity index is 2.52. The summed E-state index contributed by atoms with van der Waals surface area (Å²) in [5, 5.41) is 2.71. The van der Waals surface area contributed by atoms with Crippen LogP contribution in [0.5, 0.6) is 0 Å². The van der Waals surface area contributed by atoms with Gasteiger partial charge in [0.1, 0.15) is 12.1 Å². The summed E-state index contributed by atoms with van der Waals surface area (Å²) in [5.41, 5.74) is 2.00. The van der Waals surface area contributed by atoms with Crippen molar-refractivity contribution < 1.29 is 9.59 Å². The van der Waals surface area contributed by atoms with Crippen molar-refractivity contribution >= 4 is 33.4 Å². The van der Waals surface area contributed by atoms with Crippen LogP contribution in [0.3, 0.4) is 0 Å². The van der Waals surface area contributed by atoms with Gasteiger partial charge in [0.15, 0.2) is 0 Å². The van der Waals surface area contributed by atoms with E-state index in [0.717, 1.165) is 21.3 Å². The smallest absolute Gasteiger partial charge is 0.252 e. The molecule has 0 aromatic heterocycles. The molecule has 0 unspecified atom stereocenters. The van der Waals surface area contributed by atoms with Crippen LogP contribution in [-0.4, -0.2) is 23.9 Å². The summed E-state index contributed by atoms with van der Waals surface area (Å²) in [6.45, 7) is 7.44. The first-order valence-electron chi connectivity index (χ1n) is 6.12. The van der Waals surface area contributed by atoms with Gasteiger partial charge in [-0.2, -0.15) is 0 Å². The Bertz CT molecular complexity index is 544. The standard InChI is InChI=1S/C14H17BrN2O2/c1-8-5-9(2)12(10(15)6-8)17-7-11(18)16-14(3,4)13(17)19/h5-6H,7H2,1-4H3,(H,16,18). The second-order valence-corrected chi connectivity index (χ2v) is 6.33. The molecule has 0 saturated carbocycles. The first kappa shape index (κ1) is 14.1. The van der Waals surface area contributed by atoms with E-state index < -0.39 is 5.54 Å². The zero-order valence-corrected chi connectivity index (χ0v) is 13.1. The third-order valence-electron chi connectivity index (χ3n) is 3.20. The molecule has 1 aliphatic rings. The first-order chi connectivity index (χ1) is 8.72. The van der Waals surface area contributed by atoms with Crippen LogP contribution >= 0.6 is 15.9 Å². The molecule has 1 saturated heterocycles. The topological polar surface area (TPSA) is 49.4 Å². The lowest BCUT2D eigenvalue weighted by molar-refractivity contribution is -0.134. The number of aryl methyl sites for hydroxylation is 2. The van der Waals surface area contributed by atoms with Gasteiger partial charge in [-0.05, 0) is 60.8 Å². The SMILES string of the molecule is Cc1cc(C)c(N2CC(=O)NC(C)(C)C2=O)c(Br)c1. The van der Waals surface area contributed by atoms with Gasteiger partial charge in [-0.3, -0.25) is 14.5 Å². The molecule has 0 spiro atoms. The monoisotopic (exact) mass is 324 g/mol. The molecule has 0 bridgehead atoms. The minimum absolute atomic E-state index is 0.0603. The van der Waals surface area contributed by atoms with E-state index in [1.165, 1.54) is 0 Å². The van der Waals surface area contributed by atoms with E-state index in [2.05, 4.69) is 21.2 Å². The molecule has 1 aromatic rings. The van der Waals surface area contributed by atoms with E-state index >= 15 is 0 Å². The Kier molecular flexibility index (Phi) is 3.43. The highest BCUT2D eigenvalue weighted by atomic mass is 79.9. The Hall–Kier alpha value is -1.36. The molecule has 0 atom stereocenters. The summed E-state index contributed by atoms with van der Waals surface area (Å²) in [7, 11) is 0. The Morgan fingerprint density at radius 1 is 1.26 bits per heavy atom. The Morgan fingerprint density at radius 3 is 2.47 bits per heavy atom. The van der Waals surface area contributed by atoms with Crippen LogP contribution in [0.15, 0.2) is 16.6 Å². The number of nitrogens with zero attached hydrogens (tertiary/aromatic N) is 1. The molecule has 2 amide bonds. The quantitative estimate of drug-likeness (QED) is 0.861. The van der Waals surface area contributed by atoms with E-state index in [4.69, 9.17) is 0 Å². The molecule has 1 fully saturated rings. The van der Waals surface area contributed by atoms with Crippen molar-refractivity contribution in [1.29, 1.82) is 0 Å². The molecule has 5 heteroatoms. The van der Waals surface area contributed by atoms with Gasteiger partial charge in [0, 0.05) is 4.47 Å². The number of piperazine rings is 1. The highest BCUT2D eigenvalue weighted by Crippen LogP contribution is 2.33. The van der Waals surface area contributed by atoms with Crippen LogP contribution < -0.4 is 10.2 Å². The number of carbonyl (C=O) groups is 2. The molecule has 1 N–H and O–H groups in total. The summed E-state index contributed by atoms with van der Waals surface area (Å²) < 4.78 is 0.837. The van der Waals surface area contributed by atoms with Crippen LogP contribution in [0.4, 0.5) is 5.69 Å². The van der Waals surface area contributed by atoms with Crippen LogP contribution in [0.25, 0.3) is 0 Å². The zero-order valence-electron chi connectivity index (χ0n) is 11.5. The largest absolute Gasteiger partial charge is 0.341 e. The normalized spacial score (nSPS) is 18.5. The maximum absolute atomic E-state index is 12.5. The predicted octanol–water partition coefficient (Wildman–Crippen LogP) is 2.31. The maximum atomic E-state index is 12.5. The van der Waals surface area contributed by atoms with Gasteiger partial charge in [-0.15, -0.1) is 0 Å². The van der Waals surface area contributed by atoms with Crippen molar-refractivity contribution in [2.24, 2.45) is 0 Å². The van der Waals surface area contributed by atoms with E-state index in [9.17, 15) is 9.59 Å². The van der Waals surface area contributed by atoms with Gasteiger partial charge < -0.3 is 5.32 Å². The summed E-state index contributed by atoms with van der Waals surface area (Å²) in [6, 6.07) is 3.96. The van der Waals surface area contributed by atoms with Crippen molar-refractivity contribution in [2.75, 3.05) is 11.4 Å². The van der Waals surface area contributed by atoms with Gasteiger partial charge in [0.2, 0.25) is 5.91 Å². The number of benzene rings is 1. The molecule has 0 aliphatic carbocycles. The average Bonchev–Trinajstić information content (AvgIpc) is 2.22. The lowest BCUT2D eigenvalue weighted by Gasteiger charge is -2.38. The molecule has 4 nitrogen and oxygen atoms in total. The molecule has 102 valence electrons. The van der Waals surface area contributed by atoms with Crippen LogP contribution in [0.2, 0.25) is 0 Å². The summed E-state index contributed by atoms with van der Waals surface area (Å²) >= 11 is 3.49. The zero-order chi connectivity index (χ0) is 14.4. The van der Waals surface area contributed by atoms with Crippen molar-refractivity contribution in [2.45, 2.75) is 33.2 Å². The number of rotatable bonds is 1. The molecule has 1 heterocycles. The number of carbonyl (C=O) groups excluding carboxylic acids is 2. The van der Waals surface area contributed by atoms with Gasteiger partial charge in [-0.1, -0.05) is 6.07 Å². The lowest BCUT2D eigenvalue weighted by Crippen LogP contribution is -2.64. The van der Waals surface area contributed by atoms with Crippen LogP contribution in [-0.2, 0) is 9.59 Å². The molecular formula is C14H17BrN2O2. The highest BCUT2D eigenvalue weighted by molar-refractivity contribution is 9.10. The molecule has 1 aromatic carbocycles. The average molecular weight is 325 g/mol. The number of hydrogen-bond donors (Lipinski definition) is 1. The van der Waals surface area contributed by atoms with Crippen LogP contribution in [0.1, 0.15) is 25.0 Å². The number of anilines is 1. The van der Waals surface area contributed by atoms with E-state index in [0.29, 0.717) is 0 Å². The van der Waals surface area contributed by atoms with Crippen molar-refractivity contribution in [3.05, 3.63) is 27.7 Å². The maximum Gasteiger partial charge on any atom is 0.252 e. The fourth-order valence-corrected chi connectivity index (χ4v) is 3.31. The highest BCUT2D eigenvalue weighted by Gasteiger charge is 2.40. The van der Waals surface area contributed by atoms with E-state index in [-0.39, 0.29) is 18.4 Å². The minimum Gasteiger partial charge on any atom is -0.341 e. The third kappa shape index (κ3) is 2.52. The number of hydrogen-bond acceptors (Lipinski definition) is 2. The minimum atomic E-state index is -0.869. The van der Waals surface area contributed by atoms with Gasteiger partial charge in [0.25, 0.3) is 5.91 Å². The number of amides is 2. The Morgan fingerprint density at radius 2 is 1.89 bits per heavy atom. The van der Waals surface area contributed by atoms with Gasteiger partial charge in [0.05, 0.1) is 5.69 Å². The fraction of sp³-hybridized carbons (Fsp3) is 0.429. The summed E-state index contributed by atoms with van der Waals surface area (Å²) in [5.74, 6) is -0.240. The summed E-state index contributed by atoms with van der Waals surface area (Å²) in [6.07, 6.45) is 0. The first-order valence-corrected chi connectivity index (χ1v) is 6.91. The third-order valence-corrected chi connectivity index (χ3v) is 3.81. The van der Waals surface area contributed by atoms with Crippen molar-refractivity contribution in [3.8, 4) is 0 Å². The second kappa shape index (κ2) is 4.63. The summed E-state index contributed by atoms with van der Waals surface area (Å²) in [4.78, 5) is 25.8. The molecule has 1 aliphatic heterocycles. The second-order valence-electron chi connectivity index (χ2n) is 5.48. The number of nitrogens with one attached hydrogen (secondary N) is 1. The van der Waals surface area contributed by atoms with E-state index in [1.807, 2.05) is 26.0 Å². The van der Waals surface area contributed by atoms with Crippen LogP contribution in [0, 0.1) is 13.8 Å². The molecule has 19 heavy (non-hydrogen) atoms. The van der Waals surface area contributed by atoms with Gasteiger partial charge >= 0.3 is 0 Å². The lowest BCUT2D eigenvalue weighted by atomic mass is 9.99. The van der Waals surface area contributed by atoms with Crippen molar-refractivity contribution in [3.63, 3.8) is 0 Å².